The van der Waals surface area contributed by atoms with Gasteiger partial charge in [-0.05, 0) is 36.4 Å². The highest BCUT2D eigenvalue weighted by molar-refractivity contribution is 7.10. The zero-order valence-corrected chi connectivity index (χ0v) is 9.58. The summed E-state index contributed by atoms with van der Waals surface area (Å²) in [4.78, 5) is 5.29. The van der Waals surface area contributed by atoms with Crippen LogP contribution in [0.15, 0.2) is 29.9 Å². The summed E-state index contributed by atoms with van der Waals surface area (Å²) in [6.45, 7) is 4.01. The van der Waals surface area contributed by atoms with Crippen LogP contribution in [0, 0.1) is 13.8 Å². The second-order valence-corrected chi connectivity index (χ2v) is 4.80. The quantitative estimate of drug-likeness (QED) is 0.842. The Kier molecular flexibility index (Phi) is 2.84. The molecular formula is C12H13NOS. The number of aliphatic hydroxyl groups excluding tert-OH is 1. The fourth-order valence-corrected chi connectivity index (χ4v) is 2.25. The second kappa shape index (κ2) is 4.13. The van der Waals surface area contributed by atoms with Gasteiger partial charge in [0.15, 0.2) is 0 Å². The zero-order chi connectivity index (χ0) is 10.8. The van der Waals surface area contributed by atoms with Gasteiger partial charge in [-0.15, -0.1) is 11.3 Å². The lowest BCUT2D eigenvalue weighted by Crippen LogP contribution is -1.99. The molecule has 1 N–H and O–H groups in total. The molecule has 0 aromatic carbocycles. The average molecular weight is 219 g/mol. The molecule has 2 rings (SSSR count). The van der Waals surface area contributed by atoms with Crippen molar-refractivity contribution >= 4 is 11.3 Å². The van der Waals surface area contributed by atoms with E-state index in [1.54, 1.807) is 23.7 Å². The van der Waals surface area contributed by atoms with Gasteiger partial charge in [0, 0.05) is 22.8 Å². The van der Waals surface area contributed by atoms with E-state index in [9.17, 15) is 5.11 Å². The van der Waals surface area contributed by atoms with Crippen molar-refractivity contribution < 1.29 is 5.11 Å². The van der Waals surface area contributed by atoms with Crippen LogP contribution in [-0.2, 0) is 0 Å². The fourth-order valence-electron chi connectivity index (χ4n) is 1.53. The smallest absolute Gasteiger partial charge is 0.106 e. The largest absolute Gasteiger partial charge is 0.384 e. The first-order valence-electron chi connectivity index (χ1n) is 4.81. The van der Waals surface area contributed by atoms with Gasteiger partial charge in [0.05, 0.1) is 0 Å². The summed E-state index contributed by atoms with van der Waals surface area (Å²) >= 11 is 1.65. The van der Waals surface area contributed by atoms with Gasteiger partial charge < -0.3 is 5.11 Å². The molecular weight excluding hydrogens is 206 g/mol. The maximum Gasteiger partial charge on any atom is 0.106 e. The number of aryl methyl sites for hydroxylation is 2. The Morgan fingerprint density at radius 1 is 1.20 bits per heavy atom. The van der Waals surface area contributed by atoms with Gasteiger partial charge in [0.2, 0.25) is 0 Å². The molecule has 78 valence electrons. The van der Waals surface area contributed by atoms with Gasteiger partial charge in [-0.2, -0.15) is 0 Å². The number of aliphatic hydroxyl groups is 1. The lowest BCUT2D eigenvalue weighted by atomic mass is 10.0. The first-order chi connectivity index (χ1) is 7.16. The minimum Gasteiger partial charge on any atom is -0.384 e. The Morgan fingerprint density at radius 3 is 2.60 bits per heavy atom. The molecule has 0 aliphatic carbocycles. The van der Waals surface area contributed by atoms with Crippen LogP contribution in [0.3, 0.4) is 0 Å². The molecule has 0 radical (unpaired) electrons. The molecule has 2 aromatic heterocycles. The highest BCUT2D eigenvalue weighted by Crippen LogP contribution is 2.25. The van der Waals surface area contributed by atoms with Crippen LogP contribution in [0.2, 0.25) is 0 Å². The Morgan fingerprint density at radius 2 is 2.00 bits per heavy atom. The molecule has 3 heteroatoms. The Labute approximate surface area is 93.2 Å². The third-order valence-corrected chi connectivity index (χ3v) is 3.16. The van der Waals surface area contributed by atoms with E-state index in [1.165, 1.54) is 4.88 Å². The maximum atomic E-state index is 10.1. The number of rotatable bonds is 2. The molecule has 2 heterocycles. The summed E-state index contributed by atoms with van der Waals surface area (Å²) < 4.78 is 0. The monoisotopic (exact) mass is 219 g/mol. The van der Waals surface area contributed by atoms with Gasteiger partial charge >= 0.3 is 0 Å². The van der Waals surface area contributed by atoms with E-state index in [0.29, 0.717) is 0 Å². The standard InChI is InChI=1S/C12H13NOS/c1-8-3-10(6-13-5-8)12(14)11-4-9(2)15-7-11/h3-7,12,14H,1-2H3. The molecule has 1 atom stereocenters. The first-order valence-corrected chi connectivity index (χ1v) is 5.69. The van der Waals surface area contributed by atoms with Gasteiger partial charge in [-0.1, -0.05) is 6.07 Å². The van der Waals surface area contributed by atoms with Gasteiger partial charge in [0.25, 0.3) is 0 Å². The molecule has 0 aliphatic heterocycles. The predicted octanol–water partition coefficient (Wildman–Crippen LogP) is 2.84. The van der Waals surface area contributed by atoms with Crippen LogP contribution in [-0.4, -0.2) is 10.1 Å². The van der Waals surface area contributed by atoms with E-state index in [-0.39, 0.29) is 0 Å². The molecule has 15 heavy (non-hydrogen) atoms. The summed E-state index contributed by atoms with van der Waals surface area (Å²) in [6, 6.07) is 3.97. The van der Waals surface area contributed by atoms with Crippen LogP contribution in [0.4, 0.5) is 0 Å². The lowest BCUT2D eigenvalue weighted by Gasteiger charge is -2.08. The number of aromatic nitrogens is 1. The van der Waals surface area contributed by atoms with Crippen molar-refractivity contribution in [3.8, 4) is 0 Å². The van der Waals surface area contributed by atoms with Crippen molar-refractivity contribution in [2.45, 2.75) is 20.0 Å². The molecule has 1 unspecified atom stereocenters. The van der Waals surface area contributed by atoms with Crippen molar-refractivity contribution in [2.75, 3.05) is 0 Å². The third kappa shape index (κ3) is 2.25. The van der Waals surface area contributed by atoms with Gasteiger partial charge in [0.1, 0.15) is 6.10 Å². The van der Waals surface area contributed by atoms with Crippen molar-refractivity contribution in [3.63, 3.8) is 0 Å². The normalized spacial score (nSPS) is 12.7. The SMILES string of the molecule is Cc1cncc(C(O)c2csc(C)c2)c1. The van der Waals surface area contributed by atoms with E-state index in [2.05, 4.69) is 4.98 Å². The van der Waals surface area contributed by atoms with E-state index in [1.807, 2.05) is 31.4 Å². The number of hydrogen-bond donors (Lipinski definition) is 1. The molecule has 0 saturated heterocycles. The van der Waals surface area contributed by atoms with E-state index < -0.39 is 6.10 Å². The van der Waals surface area contributed by atoms with Crippen molar-refractivity contribution in [3.05, 3.63) is 51.5 Å². The van der Waals surface area contributed by atoms with Crippen LogP contribution < -0.4 is 0 Å². The zero-order valence-electron chi connectivity index (χ0n) is 8.77. The molecule has 0 bridgehead atoms. The van der Waals surface area contributed by atoms with Crippen molar-refractivity contribution in [2.24, 2.45) is 0 Å². The second-order valence-electron chi connectivity index (χ2n) is 3.69. The summed E-state index contributed by atoms with van der Waals surface area (Å²) in [7, 11) is 0. The molecule has 0 spiro atoms. The number of hydrogen-bond acceptors (Lipinski definition) is 3. The molecule has 0 aliphatic rings. The molecule has 2 nitrogen and oxygen atoms in total. The van der Waals surface area contributed by atoms with Gasteiger partial charge in [-0.3, -0.25) is 4.98 Å². The Hall–Kier alpha value is -1.19. The maximum absolute atomic E-state index is 10.1. The van der Waals surface area contributed by atoms with Crippen molar-refractivity contribution in [1.82, 2.24) is 4.98 Å². The minimum absolute atomic E-state index is 0.553. The highest BCUT2D eigenvalue weighted by atomic mass is 32.1. The first kappa shape index (κ1) is 10.3. The minimum atomic E-state index is -0.553. The number of thiophene rings is 1. The molecule has 0 amide bonds. The Bertz CT molecular complexity index is 464. The summed E-state index contributed by atoms with van der Waals surface area (Å²) in [6.07, 6.45) is 2.95. The fraction of sp³-hybridized carbons (Fsp3) is 0.250. The highest BCUT2D eigenvalue weighted by Gasteiger charge is 2.11. The predicted molar refractivity (Wildman–Crippen MR) is 62.1 cm³/mol. The summed E-state index contributed by atoms with van der Waals surface area (Å²) in [5, 5.41) is 12.1. The molecule has 2 aromatic rings. The van der Waals surface area contributed by atoms with Crippen LogP contribution in [0.25, 0.3) is 0 Å². The van der Waals surface area contributed by atoms with Crippen LogP contribution >= 0.6 is 11.3 Å². The van der Waals surface area contributed by atoms with Crippen LogP contribution in [0.5, 0.6) is 0 Å². The average Bonchev–Trinajstić information content (AvgIpc) is 2.64. The lowest BCUT2D eigenvalue weighted by molar-refractivity contribution is 0.220. The summed E-state index contributed by atoms with van der Waals surface area (Å²) in [5.74, 6) is 0. The van der Waals surface area contributed by atoms with E-state index in [0.717, 1.165) is 16.7 Å². The van der Waals surface area contributed by atoms with E-state index >= 15 is 0 Å². The third-order valence-electron chi connectivity index (χ3n) is 2.28. The van der Waals surface area contributed by atoms with E-state index in [4.69, 9.17) is 0 Å². The Balaban J connectivity index is 2.32. The van der Waals surface area contributed by atoms with Gasteiger partial charge in [-0.25, -0.2) is 0 Å². The van der Waals surface area contributed by atoms with Crippen molar-refractivity contribution in [1.29, 1.82) is 0 Å². The molecule has 0 saturated carbocycles. The topological polar surface area (TPSA) is 33.1 Å². The number of pyridine rings is 1. The number of nitrogens with zero attached hydrogens (tertiary/aromatic N) is 1. The van der Waals surface area contributed by atoms with Crippen LogP contribution in [0.1, 0.15) is 27.7 Å². The summed E-state index contributed by atoms with van der Waals surface area (Å²) in [5.41, 5.74) is 2.87. The molecule has 0 fully saturated rings.